The SMILES string of the molecule is Cc1occc1-c1nn2c(C3CC3)nnc2s1. The summed E-state index contributed by atoms with van der Waals surface area (Å²) in [5.41, 5.74) is 1.04. The molecule has 0 saturated heterocycles. The second-order valence-corrected chi connectivity index (χ2v) is 5.28. The Kier molecular flexibility index (Phi) is 1.74. The van der Waals surface area contributed by atoms with Crippen molar-refractivity contribution in [2.24, 2.45) is 0 Å². The van der Waals surface area contributed by atoms with Crippen LogP contribution < -0.4 is 0 Å². The van der Waals surface area contributed by atoms with Gasteiger partial charge >= 0.3 is 0 Å². The third-order valence-electron chi connectivity index (χ3n) is 3.05. The van der Waals surface area contributed by atoms with Gasteiger partial charge in [0.1, 0.15) is 5.76 Å². The summed E-state index contributed by atoms with van der Waals surface area (Å²) in [7, 11) is 0. The van der Waals surface area contributed by atoms with Gasteiger partial charge in [-0.3, -0.25) is 0 Å². The van der Waals surface area contributed by atoms with Crippen molar-refractivity contribution < 1.29 is 4.42 Å². The van der Waals surface area contributed by atoms with Crippen LogP contribution in [-0.4, -0.2) is 19.8 Å². The first-order chi connectivity index (χ1) is 8.33. The lowest BCUT2D eigenvalue weighted by atomic mass is 10.3. The molecule has 0 aromatic carbocycles. The van der Waals surface area contributed by atoms with Crippen molar-refractivity contribution >= 4 is 16.3 Å². The van der Waals surface area contributed by atoms with E-state index in [1.807, 2.05) is 17.5 Å². The highest BCUT2D eigenvalue weighted by molar-refractivity contribution is 7.19. The molecule has 1 aliphatic carbocycles. The summed E-state index contributed by atoms with van der Waals surface area (Å²) in [6.45, 7) is 1.94. The molecular weight excluding hydrogens is 236 g/mol. The topological polar surface area (TPSA) is 56.2 Å². The Bertz CT molecular complexity index is 691. The van der Waals surface area contributed by atoms with Crippen LogP contribution in [0.5, 0.6) is 0 Å². The maximum absolute atomic E-state index is 5.30. The van der Waals surface area contributed by atoms with E-state index >= 15 is 0 Å². The van der Waals surface area contributed by atoms with Crippen molar-refractivity contribution in [1.82, 2.24) is 19.8 Å². The van der Waals surface area contributed by atoms with Crippen LogP contribution in [0.1, 0.15) is 30.3 Å². The summed E-state index contributed by atoms with van der Waals surface area (Å²) in [5.74, 6) is 2.46. The van der Waals surface area contributed by atoms with Gasteiger partial charge < -0.3 is 4.42 Å². The molecule has 5 nitrogen and oxygen atoms in total. The number of furan rings is 1. The minimum atomic E-state index is 0.561. The lowest BCUT2D eigenvalue weighted by Crippen LogP contribution is -1.93. The van der Waals surface area contributed by atoms with E-state index in [1.54, 1.807) is 17.6 Å². The molecule has 0 amide bonds. The van der Waals surface area contributed by atoms with Crippen molar-refractivity contribution in [3.63, 3.8) is 0 Å². The smallest absolute Gasteiger partial charge is 0.234 e. The van der Waals surface area contributed by atoms with Crippen LogP contribution in [0.3, 0.4) is 0 Å². The molecular formula is C11H10N4OS. The van der Waals surface area contributed by atoms with Crippen LogP contribution in [0.15, 0.2) is 16.7 Å². The van der Waals surface area contributed by atoms with E-state index in [9.17, 15) is 0 Å². The zero-order valence-electron chi connectivity index (χ0n) is 9.25. The van der Waals surface area contributed by atoms with E-state index < -0.39 is 0 Å². The molecule has 1 aliphatic rings. The van der Waals surface area contributed by atoms with Gasteiger partial charge in [-0.2, -0.15) is 9.61 Å². The van der Waals surface area contributed by atoms with Crippen molar-refractivity contribution in [3.8, 4) is 10.6 Å². The summed E-state index contributed by atoms with van der Waals surface area (Å²) >= 11 is 1.55. The van der Waals surface area contributed by atoms with Gasteiger partial charge in [0, 0.05) is 5.92 Å². The van der Waals surface area contributed by atoms with E-state index in [0.29, 0.717) is 5.92 Å². The number of fused-ring (bicyclic) bond motifs is 1. The Morgan fingerprint density at radius 1 is 1.41 bits per heavy atom. The molecule has 1 saturated carbocycles. The lowest BCUT2D eigenvalue weighted by Gasteiger charge is -1.91. The Balaban J connectivity index is 1.90. The summed E-state index contributed by atoms with van der Waals surface area (Å²) < 4.78 is 7.18. The Morgan fingerprint density at radius 2 is 2.29 bits per heavy atom. The highest BCUT2D eigenvalue weighted by Gasteiger charge is 2.30. The summed E-state index contributed by atoms with van der Waals surface area (Å²) in [6.07, 6.45) is 4.10. The fourth-order valence-corrected chi connectivity index (χ4v) is 2.86. The van der Waals surface area contributed by atoms with Crippen LogP contribution in [0, 0.1) is 6.92 Å². The van der Waals surface area contributed by atoms with Crippen molar-refractivity contribution in [2.45, 2.75) is 25.7 Å². The van der Waals surface area contributed by atoms with E-state index in [-0.39, 0.29) is 0 Å². The molecule has 0 atom stereocenters. The second kappa shape index (κ2) is 3.16. The number of hydrogen-bond acceptors (Lipinski definition) is 5. The minimum Gasteiger partial charge on any atom is -0.469 e. The van der Waals surface area contributed by atoms with Gasteiger partial charge in [0.2, 0.25) is 4.96 Å². The molecule has 86 valence electrons. The highest BCUT2D eigenvalue weighted by atomic mass is 32.1. The molecule has 4 rings (SSSR count). The second-order valence-electron chi connectivity index (χ2n) is 4.32. The molecule has 0 spiro atoms. The van der Waals surface area contributed by atoms with Gasteiger partial charge in [0.15, 0.2) is 10.8 Å². The van der Waals surface area contributed by atoms with E-state index in [1.165, 1.54) is 12.8 Å². The average Bonchev–Trinajstić information content (AvgIpc) is 2.75. The maximum atomic E-state index is 5.30. The van der Waals surface area contributed by atoms with Crippen LogP contribution >= 0.6 is 11.3 Å². The molecule has 0 bridgehead atoms. The zero-order chi connectivity index (χ0) is 11.4. The summed E-state index contributed by atoms with van der Waals surface area (Å²) in [5, 5.41) is 13.9. The molecule has 0 aliphatic heterocycles. The zero-order valence-corrected chi connectivity index (χ0v) is 10.1. The predicted octanol–water partition coefficient (Wildman–Crippen LogP) is 2.63. The monoisotopic (exact) mass is 246 g/mol. The Hall–Kier alpha value is -1.69. The first kappa shape index (κ1) is 9.35. The van der Waals surface area contributed by atoms with E-state index in [0.717, 1.165) is 27.1 Å². The number of hydrogen-bond donors (Lipinski definition) is 0. The first-order valence-electron chi connectivity index (χ1n) is 5.59. The van der Waals surface area contributed by atoms with Crippen LogP contribution in [0.25, 0.3) is 15.5 Å². The largest absolute Gasteiger partial charge is 0.469 e. The van der Waals surface area contributed by atoms with E-state index in [4.69, 9.17) is 4.42 Å². The number of aryl methyl sites for hydroxylation is 1. The summed E-state index contributed by atoms with van der Waals surface area (Å²) in [6, 6.07) is 1.94. The van der Waals surface area contributed by atoms with Gasteiger partial charge in [0.25, 0.3) is 0 Å². The molecule has 0 N–H and O–H groups in total. The van der Waals surface area contributed by atoms with Crippen molar-refractivity contribution in [1.29, 1.82) is 0 Å². The summed E-state index contributed by atoms with van der Waals surface area (Å²) in [4.78, 5) is 0.863. The molecule has 0 unspecified atom stereocenters. The standard InChI is InChI=1S/C11H10N4OS/c1-6-8(4-5-16-6)10-14-15-9(7-2-3-7)12-13-11(15)17-10/h4-5,7H,2-3H2,1H3. The molecule has 3 heterocycles. The Labute approximate surface area is 101 Å². The number of rotatable bonds is 2. The molecule has 17 heavy (non-hydrogen) atoms. The van der Waals surface area contributed by atoms with Crippen molar-refractivity contribution in [3.05, 3.63) is 23.9 Å². The van der Waals surface area contributed by atoms with Gasteiger partial charge in [-0.05, 0) is 25.8 Å². The molecule has 1 fully saturated rings. The molecule has 6 heteroatoms. The first-order valence-corrected chi connectivity index (χ1v) is 6.41. The molecule has 3 aromatic heterocycles. The number of nitrogens with zero attached hydrogens (tertiary/aromatic N) is 4. The fraction of sp³-hybridized carbons (Fsp3) is 0.364. The molecule has 0 radical (unpaired) electrons. The molecule has 3 aromatic rings. The quantitative estimate of drug-likeness (QED) is 0.697. The van der Waals surface area contributed by atoms with Gasteiger partial charge in [-0.1, -0.05) is 11.3 Å². The number of aromatic nitrogens is 4. The average molecular weight is 246 g/mol. The normalized spacial score (nSPS) is 15.8. The third-order valence-corrected chi connectivity index (χ3v) is 3.98. The maximum Gasteiger partial charge on any atom is 0.234 e. The third kappa shape index (κ3) is 1.33. The van der Waals surface area contributed by atoms with Crippen LogP contribution in [-0.2, 0) is 0 Å². The minimum absolute atomic E-state index is 0.561. The van der Waals surface area contributed by atoms with Crippen LogP contribution in [0.4, 0.5) is 0 Å². The predicted molar refractivity (Wildman–Crippen MR) is 63.1 cm³/mol. The lowest BCUT2D eigenvalue weighted by molar-refractivity contribution is 0.535. The van der Waals surface area contributed by atoms with Crippen LogP contribution in [0.2, 0.25) is 0 Å². The Morgan fingerprint density at radius 3 is 3.00 bits per heavy atom. The van der Waals surface area contributed by atoms with Crippen molar-refractivity contribution in [2.75, 3.05) is 0 Å². The van der Waals surface area contributed by atoms with Gasteiger partial charge in [-0.25, -0.2) is 0 Å². The van der Waals surface area contributed by atoms with Gasteiger partial charge in [-0.15, -0.1) is 10.2 Å². The van der Waals surface area contributed by atoms with Gasteiger partial charge in [0.05, 0.1) is 11.8 Å². The fourth-order valence-electron chi connectivity index (χ4n) is 1.94. The van der Waals surface area contributed by atoms with E-state index in [2.05, 4.69) is 15.3 Å². The highest BCUT2D eigenvalue weighted by Crippen LogP contribution is 2.40.